The maximum absolute atomic E-state index is 12.3. The zero-order chi connectivity index (χ0) is 16.4. The van der Waals surface area contributed by atoms with Crippen LogP contribution in [-0.2, 0) is 4.79 Å². The molecule has 6 heteroatoms. The molecule has 2 amide bonds. The molecule has 1 heterocycles. The molecule has 6 nitrogen and oxygen atoms in total. The van der Waals surface area contributed by atoms with Gasteiger partial charge in [-0.1, -0.05) is 0 Å². The number of rotatable bonds is 3. The summed E-state index contributed by atoms with van der Waals surface area (Å²) in [4.78, 5) is 27.5. The van der Waals surface area contributed by atoms with Crippen molar-refractivity contribution < 1.29 is 14.0 Å². The van der Waals surface area contributed by atoms with E-state index in [0.717, 1.165) is 0 Å². The third-order valence-corrected chi connectivity index (χ3v) is 3.22. The Hall–Kier alpha value is -3.15. The lowest BCUT2D eigenvalue weighted by atomic mass is 10.2. The molecule has 23 heavy (non-hydrogen) atoms. The fraction of sp³-hybridized carbons (Fsp3) is 0.118. The number of anilines is 2. The van der Waals surface area contributed by atoms with Gasteiger partial charge in [-0.25, -0.2) is 4.98 Å². The highest BCUT2D eigenvalue weighted by Crippen LogP contribution is 2.19. The minimum atomic E-state index is -0.236. The Bertz CT molecular complexity index is 882. The second-order valence-corrected chi connectivity index (χ2v) is 5.13. The molecule has 0 unspecified atom stereocenters. The Morgan fingerprint density at radius 3 is 2.30 bits per heavy atom. The quantitative estimate of drug-likeness (QED) is 0.777. The van der Waals surface area contributed by atoms with Crippen molar-refractivity contribution in [3.8, 4) is 0 Å². The summed E-state index contributed by atoms with van der Waals surface area (Å²) < 4.78 is 5.39. The van der Waals surface area contributed by atoms with Gasteiger partial charge in [-0.15, -0.1) is 0 Å². The second kappa shape index (κ2) is 5.92. The van der Waals surface area contributed by atoms with E-state index in [0.29, 0.717) is 33.9 Å². The Morgan fingerprint density at radius 1 is 1.00 bits per heavy atom. The van der Waals surface area contributed by atoms with E-state index in [1.807, 2.05) is 0 Å². The lowest BCUT2D eigenvalue weighted by Crippen LogP contribution is -2.12. The van der Waals surface area contributed by atoms with Gasteiger partial charge in [0, 0.05) is 30.8 Å². The molecule has 0 fully saturated rings. The Balaban J connectivity index is 1.75. The van der Waals surface area contributed by atoms with Gasteiger partial charge in [0.2, 0.25) is 5.91 Å². The number of fused-ring (bicyclic) bond motifs is 1. The average Bonchev–Trinajstić information content (AvgIpc) is 2.87. The van der Waals surface area contributed by atoms with E-state index in [2.05, 4.69) is 15.6 Å². The fourth-order valence-electron chi connectivity index (χ4n) is 2.23. The van der Waals surface area contributed by atoms with Gasteiger partial charge in [-0.2, -0.15) is 0 Å². The number of benzene rings is 2. The van der Waals surface area contributed by atoms with E-state index in [1.54, 1.807) is 49.4 Å². The average molecular weight is 309 g/mol. The van der Waals surface area contributed by atoms with Crippen molar-refractivity contribution in [3.63, 3.8) is 0 Å². The lowest BCUT2D eigenvalue weighted by Gasteiger charge is -2.07. The summed E-state index contributed by atoms with van der Waals surface area (Å²) in [7, 11) is 0. The molecule has 0 aliphatic rings. The third-order valence-electron chi connectivity index (χ3n) is 3.22. The first kappa shape index (κ1) is 14.8. The zero-order valence-corrected chi connectivity index (χ0v) is 12.7. The predicted octanol–water partition coefficient (Wildman–Crippen LogP) is 3.35. The molecule has 3 aromatic rings. The van der Waals surface area contributed by atoms with E-state index in [9.17, 15) is 9.59 Å². The third kappa shape index (κ3) is 3.37. The van der Waals surface area contributed by atoms with Crippen molar-refractivity contribution in [2.24, 2.45) is 0 Å². The number of hydrogen-bond acceptors (Lipinski definition) is 4. The molecule has 1 aromatic heterocycles. The molecule has 116 valence electrons. The van der Waals surface area contributed by atoms with Crippen LogP contribution in [0.4, 0.5) is 11.4 Å². The number of hydrogen-bond donors (Lipinski definition) is 2. The van der Waals surface area contributed by atoms with Crippen molar-refractivity contribution >= 4 is 34.3 Å². The first-order valence-electron chi connectivity index (χ1n) is 7.07. The molecule has 0 atom stereocenters. The van der Waals surface area contributed by atoms with Gasteiger partial charge in [-0.05, 0) is 42.5 Å². The number of nitrogens with zero attached hydrogens (tertiary/aromatic N) is 1. The number of aromatic nitrogens is 1. The normalized spacial score (nSPS) is 10.5. The predicted molar refractivity (Wildman–Crippen MR) is 87.4 cm³/mol. The molecule has 2 N–H and O–H groups in total. The van der Waals surface area contributed by atoms with Crippen LogP contribution >= 0.6 is 0 Å². The molecule has 0 aliphatic carbocycles. The van der Waals surface area contributed by atoms with Crippen molar-refractivity contribution in [2.75, 3.05) is 10.6 Å². The minimum absolute atomic E-state index is 0.141. The van der Waals surface area contributed by atoms with Crippen molar-refractivity contribution in [1.29, 1.82) is 0 Å². The van der Waals surface area contributed by atoms with Gasteiger partial charge < -0.3 is 15.1 Å². The molecular weight excluding hydrogens is 294 g/mol. The van der Waals surface area contributed by atoms with E-state index in [-0.39, 0.29) is 11.8 Å². The molecule has 0 saturated carbocycles. The van der Waals surface area contributed by atoms with Crippen LogP contribution in [0.1, 0.15) is 23.2 Å². The van der Waals surface area contributed by atoms with Crippen molar-refractivity contribution in [3.05, 3.63) is 53.9 Å². The lowest BCUT2D eigenvalue weighted by molar-refractivity contribution is -0.114. The summed E-state index contributed by atoms with van der Waals surface area (Å²) in [5.41, 5.74) is 3.11. The van der Waals surface area contributed by atoms with Crippen LogP contribution in [0.2, 0.25) is 0 Å². The molecule has 0 saturated heterocycles. The molecule has 0 radical (unpaired) electrons. The minimum Gasteiger partial charge on any atom is -0.441 e. The largest absolute Gasteiger partial charge is 0.441 e. The van der Waals surface area contributed by atoms with Crippen LogP contribution in [-0.4, -0.2) is 16.8 Å². The molecule has 0 bridgehead atoms. The van der Waals surface area contributed by atoms with Crippen LogP contribution in [0.15, 0.2) is 46.9 Å². The van der Waals surface area contributed by atoms with Crippen LogP contribution < -0.4 is 10.6 Å². The highest BCUT2D eigenvalue weighted by Gasteiger charge is 2.10. The zero-order valence-electron chi connectivity index (χ0n) is 12.7. The van der Waals surface area contributed by atoms with Gasteiger partial charge in [-0.3, -0.25) is 9.59 Å². The summed E-state index contributed by atoms with van der Waals surface area (Å²) in [5.74, 6) is 0.184. The van der Waals surface area contributed by atoms with E-state index in [4.69, 9.17) is 4.42 Å². The van der Waals surface area contributed by atoms with Crippen molar-refractivity contribution in [2.45, 2.75) is 13.8 Å². The number of aryl methyl sites for hydroxylation is 1. The summed E-state index contributed by atoms with van der Waals surface area (Å²) in [5, 5.41) is 5.47. The fourth-order valence-corrected chi connectivity index (χ4v) is 2.23. The summed E-state index contributed by atoms with van der Waals surface area (Å²) in [6.07, 6.45) is 0. The number of amides is 2. The van der Waals surface area contributed by atoms with Crippen LogP contribution in [0.3, 0.4) is 0 Å². The highest BCUT2D eigenvalue weighted by molar-refractivity contribution is 6.05. The van der Waals surface area contributed by atoms with Crippen LogP contribution in [0.5, 0.6) is 0 Å². The maximum Gasteiger partial charge on any atom is 0.255 e. The summed E-state index contributed by atoms with van der Waals surface area (Å²) in [6.45, 7) is 3.20. The smallest absolute Gasteiger partial charge is 0.255 e. The monoisotopic (exact) mass is 309 g/mol. The SMILES string of the molecule is CC(=O)Nc1ccc(NC(=O)c2ccc3oc(C)nc3c2)cc1. The van der Waals surface area contributed by atoms with Crippen LogP contribution in [0, 0.1) is 6.92 Å². The highest BCUT2D eigenvalue weighted by atomic mass is 16.3. The van der Waals surface area contributed by atoms with Crippen molar-refractivity contribution in [1.82, 2.24) is 4.98 Å². The number of nitrogens with one attached hydrogen (secondary N) is 2. The molecule has 0 aliphatic heterocycles. The summed E-state index contributed by atoms with van der Waals surface area (Å²) in [6, 6.07) is 12.0. The Labute approximate surface area is 132 Å². The standard InChI is InChI=1S/C17H15N3O3/c1-10(21)18-13-4-6-14(7-5-13)20-17(22)12-3-8-16-15(9-12)19-11(2)23-16/h3-9H,1-2H3,(H,18,21)(H,20,22). The Morgan fingerprint density at radius 2 is 1.65 bits per heavy atom. The van der Waals surface area contributed by atoms with Gasteiger partial charge in [0.25, 0.3) is 5.91 Å². The number of carbonyl (C=O) groups excluding carboxylic acids is 2. The van der Waals surface area contributed by atoms with Gasteiger partial charge in [0.05, 0.1) is 0 Å². The van der Waals surface area contributed by atoms with E-state index < -0.39 is 0 Å². The second-order valence-electron chi connectivity index (χ2n) is 5.13. The molecule has 0 spiro atoms. The summed E-state index contributed by atoms with van der Waals surface area (Å²) >= 11 is 0. The van der Waals surface area contributed by atoms with Crippen LogP contribution in [0.25, 0.3) is 11.1 Å². The number of carbonyl (C=O) groups is 2. The van der Waals surface area contributed by atoms with Gasteiger partial charge in [0.15, 0.2) is 11.5 Å². The topological polar surface area (TPSA) is 84.2 Å². The van der Waals surface area contributed by atoms with E-state index in [1.165, 1.54) is 6.92 Å². The number of oxazole rings is 1. The van der Waals surface area contributed by atoms with Gasteiger partial charge >= 0.3 is 0 Å². The first-order chi connectivity index (χ1) is 11.0. The first-order valence-corrected chi connectivity index (χ1v) is 7.07. The molecule has 3 rings (SSSR count). The van der Waals surface area contributed by atoms with E-state index >= 15 is 0 Å². The molecule has 2 aromatic carbocycles. The molecular formula is C17H15N3O3. The maximum atomic E-state index is 12.3. The van der Waals surface area contributed by atoms with Gasteiger partial charge in [0.1, 0.15) is 5.52 Å². The Kier molecular flexibility index (Phi) is 3.80.